The number of fused-ring (bicyclic) bond motifs is 1. The number of anilines is 1. The summed E-state index contributed by atoms with van der Waals surface area (Å²) in [4.78, 5) is 33.7. The zero-order valence-electron chi connectivity index (χ0n) is 25.4. The molecule has 2 atom stereocenters. The minimum atomic E-state index is -1.48. The molecule has 228 valence electrons. The lowest BCUT2D eigenvalue weighted by atomic mass is 9.99. The first-order valence-corrected chi connectivity index (χ1v) is 15.6. The molecule has 1 aromatic heterocycles. The summed E-state index contributed by atoms with van der Waals surface area (Å²) in [6, 6.07) is 6.36. The molecule has 1 amide bonds. The number of rotatable bonds is 7. The molecule has 0 bridgehead atoms. The van der Waals surface area contributed by atoms with E-state index in [1.807, 2.05) is 36.3 Å². The summed E-state index contributed by atoms with van der Waals surface area (Å²) in [6.07, 6.45) is 9.63. The maximum absolute atomic E-state index is 13.6. The maximum Gasteiger partial charge on any atom is 0.275 e. The smallest absolute Gasteiger partial charge is 0.275 e. The lowest BCUT2D eigenvalue weighted by Crippen LogP contribution is -2.76. The number of piperidine rings is 1. The van der Waals surface area contributed by atoms with Crippen LogP contribution in [-0.2, 0) is 4.79 Å². The van der Waals surface area contributed by atoms with E-state index in [1.54, 1.807) is 11.7 Å². The summed E-state index contributed by atoms with van der Waals surface area (Å²) in [6.45, 7) is 7.52. The summed E-state index contributed by atoms with van der Waals surface area (Å²) in [5.74, 6) is 0.374. The molecule has 11 nitrogen and oxygen atoms in total. The highest BCUT2D eigenvalue weighted by Gasteiger charge is 2.46. The quantitative estimate of drug-likeness (QED) is 0.368. The van der Waals surface area contributed by atoms with Crippen molar-refractivity contribution in [3.05, 3.63) is 35.9 Å². The lowest BCUT2D eigenvalue weighted by molar-refractivity contribution is -0.123. The van der Waals surface area contributed by atoms with Crippen molar-refractivity contribution >= 4 is 28.4 Å². The van der Waals surface area contributed by atoms with Crippen LogP contribution in [0.1, 0.15) is 63.6 Å². The van der Waals surface area contributed by atoms with Crippen molar-refractivity contribution in [1.82, 2.24) is 29.9 Å². The van der Waals surface area contributed by atoms with Gasteiger partial charge in [-0.1, -0.05) is 26.7 Å². The van der Waals surface area contributed by atoms with Gasteiger partial charge in [0.05, 0.1) is 24.9 Å². The number of amides is 1. The van der Waals surface area contributed by atoms with Gasteiger partial charge in [0.1, 0.15) is 17.3 Å². The highest BCUT2D eigenvalue weighted by atomic mass is 16.5. The molecule has 11 heteroatoms. The van der Waals surface area contributed by atoms with Crippen molar-refractivity contribution in [2.75, 3.05) is 45.7 Å². The number of carbonyl (C=O) groups is 2. The molecule has 4 heterocycles. The van der Waals surface area contributed by atoms with Gasteiger partial charge in [0, 0.05) is 37.3 Å². The van der Waals surface area contributed by atoms with Gasteiger partial charge in [0.25, 0.3) is 5.91 Å². The molecule has 0 radical (unpaired) electrons. The number of aromatic nitrogens is 1. The fourth-order valence-corrected chi connectivity index (χ4v) is 7.24. The van der Waals surface area contributed by atoms with Gasteiger partial charge in [-0.25, -0.2) is 0 Å². The van der Waals surface area contributed by atoms with Crippen molar-refractivity contribution in [3.8, 4) is 5.75 Å². The third-order valence-electron chi connectivity index (χ3n) is 9.62. The number of nitrogens with zero attached hydrogens (tertiary/aromatic N) is 4. The van der Waals surface area contributed by atoms with E-state index in [1.165, 1.54) is 12.8 Å². The summed E-state index contributed by atoms with van der Waals surface area (Å²) in [5.41, 5.74) is 8.84. The van der Waals surface area contributed by atoms with Crippen LogP contribution in [-0.4, -0.2) is 89.4 Å². The topological polar surface area (TPSA) is 120 Å². The van der Waals surface area contributed by atoms with Crippen molar-refractivity contribution in [2.24, 2.45) is 11.7 Å². The number of ether oxygens (including phenoxy) is 1. The van der Waals surface area contributed by atoms with E-state index in [0.29, 0.717) is 35.6 Å². The van der Waals surface area contributed by atoms with Crippen molar-refractivity contribution in [2.45, 2.75) is 76.8 Å². The molecular formula is C31H46N8O3. The Kier molecular flexibility index (Phi) is 7.74. The molecule has 4 aliphatic rings. The van der Waals surface area contributed by atoms with Gasteiger partial charge in [0.15, 0.2) is 0 Å². The van der Waals surface area contributed by atoms with E-state index in [9.17, 15) is 9.59 Å². The predicted molar refractivity (Wildman–Crippen MR) is 164 cm³/mol. The van der Waals surface area contributed by atoms with E-state index in [-0.39, 0.29) is 17.9 Å². The van der Waals surface area contributed by atoms with Crippen molar-refractivity contribution < 1.29 is 14.3 Å². The highest BCUT2D eigenvalue weighted by Crippen LogP contribution is 2.36. The second-order valence-corrected chi connectivity index (χ2v) is 12.6. The molecular weight excluding hydrogens is 532 g/mol. The maximum atomic E-state index is 13.6. The molecule has 3 aliphatic heterocycles. The number of nitrogens with one attached hydrogen (secondary N) is 3. The van der Waals surface area contributed by atoms with Crippen LogP contribution in [0.5, 0.6) is 5.75 Å². The average Bonchev–Trinajstić information content (AvgIpc) is 3.63. The second-order valence-electron chi connectivity index (χ2n) is 12.6. The van der Waals surface area contributed by atoms with E-state index < -0.39 is 5.91 Å². The number of hydrogen-bond donors (Lipinski definition) is 4. The van der Waals surface area contributed by atoms with E-state index in [0.717, 1.165) is 68.5 Å². The number of benzene rings is 1. The van der Waals surface area contributed by atoms with Gasteiger partial charge in [-0.15, -0.1) is 0 Å². The largest absolute Gasteiger partial charge is 0.495 e. The van der Waals surface area contributed by atoms with Gasteiger partial charge >= 0.3 is 0 Å². The van der Waals surface area contributed by atoms with Crippen LogP contribution in [0.25, 0.3) is 10.9 Å². The van der Waals surface area contributed by atoms with Crippen LogP contribution < -0.4 is 26.4 Å². The Bertz CT molecular complexity index is 1370. The minimum absolute atomic E-state index is 0.0279. The predicted octanol–water partition coefficient (Wildman–Crippen LogP) is 2.86. The molecule has 1 saturated carbocycles. The molecule has 5 N–H and O–H groups in total. The van der Waals surface area contributed by atoms with Crippen molar-refractivity contribution in [3.63, 3.8) is 0 Å². The first kappa shape index (κ1) is 28.7. The zero-order chi connectivity index (χ0) is 29.6. The van der Waals surface area contributed by atoms with E-state index in [2.05, 4.69) is 39.6 Å². The minimum Gasteiger partial charge on any atom is -0.495 e. The van der Waals surface area contributed by atoms with Gasteiger partial charge in [-0.2, -0.15) is 0 Å². The number of methoxy groups -OCH3 is 1. The molecule has 1 saturated heterocycles. The summed E-state index contributed by atoms with van der Waals surface area (Å²) >= 11 is 0. The zero-order valence-corrected chi connectivity index (χ0v) is 25.4. The van der Waals surface area contributed by atoms with Gasteiger partial charge in [0.2, 0.25) is 11.8 Å². The fourth-order valence-electron chi connectivity index (χ4n) is 7.24. The molecule has 2 aromatic rings. The third kappa shape index (κ3) is 5.28. The van der Waals surface area contributed by atoms with Crippen LogP contribution in [0, 0.1) is 5.92 Å². The molecule has 2 fully saturated rings. The Morgan fingerprint density at radius 3 is 2.60 bits per heavy atom. The first-order chi connectivity index (χ1) is 20.2. The van der Waals surface area contributed by atoms with Crippen LogP contribution in [0.4, 0.5) is 5.69 Å². The lowest BCUT2D eigenvalue weighted by Gasteiger charge is -2.52. The molecule has 1 unspecified atom stereocenters. The number of carbonyl (C=O) groups excluding carboxylic acids is 2. The summed E-state index contributed by atoms with van der Waals surface area (Å²) in [7, 11) is 3.57. The molecule has 0 spiro atoms. The monoisotopic (exact) mass is 578 g/mol. The Hall–Kier alpha value is -3.44. The normalized spacial score (nSPS) is 25.9. The van der Waals surface area contributed by atoms with Crippen molar-refractivity contribution in [1.29, 1.82) is 0 Å². The van der Waals surface area contributed by atoms with E-state index >= 15 is 0 Å². The summed E-state index contributed by atoms with van der Waals surface area (Å²) in [5, 5.41) is 10.7. The average molecular weight is 579 g/mol. The van der Waals surface area contributed by atoms with Gasteiger partial charge < -0.3 is 25.2 Å². The van der Waals surface area contributed by atoms with Gasteiger partial charge in [-0.3, -0.25) is 30.1 Å². The van der Waals surface area contributed by atoms with Crippen LogP contribution >= 0.6 is 0 Å². The SMILES string of the molecule is CCC1CN(C)C2=C(N[C@@](N)(Nc3cc4c(ccn4C(=O)CN4CCC(C)CC4)cc3OC)NC2=O)N1C1CCCC1. The van der Waals surface area contributed by atoms with Crippen LogP contribution in [0.15, 0.2) is 35.9 Å². The third-order valence-corrected chi connectivity index (χ3v) is 9.62. The standard InChI is InChI=1S/C31H46N8O3/c1-5-22-18-36(3)28-29(39(22)23-8-6-7-9-23)34-31(32,35-30(28)41)33-24-17-25-21(16-26(24)42-4)12-15-38(25)27(40)19-37-13-10-20(2)11-14-37/h12,15-17,20,22-23,33-34H,5-11,13-14,18-19,32H2,1-4H3,(H,35,41)/t22?,31-/m1/s1. The number of likely N-dealkylation sites (tertiary alicyclic amines) is 1. The van der Waals surface area contributed by atoms with E-state index in [4.69, 9.17) is 10.5 Å². The van der Waals surface area contributed by atoms with Crippen LogP contribution in [0.3, 0.4) is 0 Å². The molecule has 1 aliphatic carbocycles. The number of hydrogen-bond acceptors (Lipinski definition) is 9. The fraction of sp³-hybridized carbons (Fsp3) is 0.613. The number of nitrogens with two attached hydrogens (primary N) is 1. The Morgan fingerprint density at radius 2 is 1.90 bits per heavy atom. The highest BCUT2D eigenvalue weighted by molar-refractivity contribution is 5.97. The molecule has 6 rings (SSSR count). The molecule has 1 aromatic carbocycles. The Labute approximate surface area is 248 Å². The van der Waals surface area contributed by atoms with Gasteiger partial charge in [-0.05, 0) is 69.3 Å². The van der Waals surface area contributed by atoms with Crippen LogP contribution in [0.2, 0.25) is 0 Å². The Balaban J connectivity index is 1.29. The first-order valence-electron chi connectivity index (χ1n) is 15.6. The summed E-state index contributed by atoms with van der Waals surface area (Å²) < 4.78 is 7.44. The Morgan fingerprint density at radius 1 is 1.17 bits per heavy atom. The molecule has 42 heavy (non-hydrogen) atoms. The second kappa shape index (κ2) is 11.3. The number of likely N-dealkylation sites (N-methyl/N-ethyl adjacent to an activating group) is 1.